The highest BCUT2D eigenvalue weighted by Gasteiger charge is 2.35. The minimum Gasteiger partial charge on any atom is -0.396 e. The second-order valence-electron chi connectivity index (χ2n) is 2.71. The molecule has 0 aromatic carbocycles. The molecule has 0 heterocycles. The summed E-state index contributed by atoms with van der Waals surface area (Å²) in [4.78, 5) is 0. The Morgan fingerprint density at radius 2 is 2.22 bits per heavy atom. The summed E-state index contributed by atoms with van der Waals surface area (Å²) in [6.45, 7) is 0.258. The van der Waals surface area contributed by atoms with Gasteiger partial charge in [-0.1, -0.05) is 0 Å². The van der Waals surface area contributed by atoms with Crippen LogP contribution in [0.1, 0.15) is 25.7 Å². The van der Waals surface area contributed by atoms with E-state index in [-0.39, 0.29) is 12.2 Å². The predicted octanol–water partition coefficient (Wildman–Crippen LogP) is 0.938. The van der Waals surface area contributed by atoms with Crippen molar-refractivity contribution in [1.82, 2.24) is 0 Å². The molecule has 0 amide bonds. The van der Waals surface area contributed by atoms with Gasteiger partial charge in [-0.2, -0.15) is 0 Å². The van der Waals surface area contributed by atoms with Crippen molar-refractivity contribution in [3.8, 4) is 0 Å². The Bertz CT molecular complexity index is 81.4. The summed E-state index contributed by atoms with van der Waals surface area (Å²) in [6.07, 6.45) is 4.32. The lowest BCUT2D eigenvalue weighted by Crippen LogP contribution is -2.39. The van der Waals surface area contributed by atoms with Gasteiger partial charge in [0.1, 0.15) is 0 Å². The maximum atomic E-state index is 8.62. The standard InChI is InChI=1S/C7H14O2/c1-9-7(5-6-8)3-2-4-7/h8H,2-6H2,1H3. The monoisotopic (exact) mass is 130 g/mol. The van der Waals surface area contributed by atoms with E-state index in [2.05, 4.69) is 0 Å². The van der Waals surface area contributed by atoms with Crippen LogP contribution in [0.4, 0.5) is 0 Å². The van der Waals surface area contributed by atoms with E-state index < -0.39 is 0 Å². The van der Waals surface area contributed by atoms with Gasteiger partial charge in [0, 0.05) is 13.7 Å². The van der Waals surface area contributed by atoms with Crippen molar-refractivity contribution in [2.45, 2.75) is 31.3 Å². The van der Waals surface area contributed by atoms with E-state index >= 15 is 0 Å². The van der Waals surface area contributed by atoms with Crippen molar-refractivity contribution in [3.05, 3.63) is 0 Å². The molecule has 1 aliphatic rings. The van der Waals surface area contributed by atoms with Gasteiger partial charge in [-0.15, -0.1) is 0 Å². The molecule has 0 aromatic rings. The topological polar surface area (TPSA) is 29.5 Å². The molecule has 1 rings (SSSR count). The van der Waals surface area contributed by atoms with Gasteiger partial charge in [-0.05, 0) is 25.7 Å². The van der Waals surface area contributed by atoms with Crippen LogP contribution in [0.5, 0.6) is 0 Å². The highest BCUT2D eigenvalue weighted by molar-refractivity contribution is 4.88. The number of hydrogen-bond acceptors (Lipinski definition) is 2. The molecule has 9 heavy (non-hydrogen) atoms. The lowest BCUT2D eigenvalue weighted by molar-refractivity contribution is -0.0851. The highest BCUT2D eigenvalue weighted by atomic mass is 16.5. The first-order chi connectivity index (χ1) is 4.33. The van der Waals surface area contributed by atoms with Crippen molar-refractivity contribution in [2.24, 2.45) is 0 Å². The van der Waals surface area contributed by atoms with Crippen molar-refractivity contribution < 1.29 is 9.84 Å². The van der Waals surface area contributed by atoms with Crippen LogP contribution in [0.25, 0.3) is 0 Å². The summed E-state index contributed by atoms with van der Waals surface area (Å²) >= 11 is 0. The Balaban J connectivity index is 2.28. The third-order valence-corrected chi connectivity index (χ3v) is 2.27. The average Bonchev–Trinajstić information content (AvgIpc) is 1.79. The fourth-order valence-electron chi connectivity index (χ4n) is 1.33. The molecular formula is C7H14O2. The molecule has 0 saturated heterocycles. The molecule has 1 N–H and O–H groups in total. The van der Waals surface area contributed by atoms with Crippen LogP contribution in [-0.2, 0) is 4.74 Å². The number of aliphatic hydroxyl groups excluding tert-OH is 1. The molecule has 0 aliphatic heterocycles. The van der Waals surface area contributed by atoms with E-state index in [0.717, 1.165) is 19.3 Å². The molecule has 0 radical (unpaired) electrons. The minimum atomic E-state index is 0.0642. The van der Waals surface area contributed by atoms with E-state index in [1.807, 2.05) is 0 Å². The highest BCUT2D eigenvalue weighted by Crippen LogP contribution is 2.37. The van der Waals surface area contributed by atoms with Gasteiger partial charge in [-0.25, -0.2) is 0 Å². The third kappa shape index (κ3) is 1.25. The second-order valence-corrected chi connectivity index (χ2v) is 2.71. The zero-order valence-corrected chi connectivity index (χ0v) is 5.89. The van der Waals surface area contributed by atoms with Crippen LogP contribution in [0.2, 0.25) is 0 Å². The fourth-order valence-corrected chi connectivity index (χ4v) is 1.33. The minimum absolute atomic E-state index is 0.0642. The quantitative estimate of drug-likeness (QED) is 0.616. The zero-order chi connectivity index (χ0) is 6.74. The maximum Gasteiger partial charge on any atom is 0.0700 e. The van der Waals surface area contributed by atoms with E-state index in [1.165, 1.54) is 6.42 Å². The van der Waals surface area contributed by atoms with Gasteiger partial charge >= 0.3 is 0 Å². The molecule has 54 valence electrons. The number of ether oxygens (including phenoxy) is 1. The number of hydrogen-bond donors (Lipinski definition) is 1. The van der Waals surface area contributed by atoms with Gasteiger partial charge in [-0.3, -0.25) is 0 Å². The largest absolute Gasteiger partial charge is 0.396 e. The van der Waals surface area contributed by atoms with Gasteiger partial charge in [0.2, 0.25) is 0 Å². The molecule has 1 aliphatic carbocycles. The van der Waals surface area contributed by atoms with Crippen LogP contribution >= 0.6 is 0 Å². The Morgan fingerprint density at radius 1 is 1.56 bits per heavy atom. The Kier molecular flexibility index (Phi) is 2.09. The van der Waals surface area contributed by atoms with Gasteiger partial charge in [0.25, 0.3) is 0 Å². The molecule has 0 atom stereocenters. The molecular weight excluding hydrogens is 116 g/mol. The first-order valence-corrected chi connectivity index (χ1v) is 3.49. The lowest BCUT2D eigenvalue weighted by atomic mass is 9.78. The van der Waals surface area contributed by atoms with E-state index in [0.29, 0.717) is 0 Å². The molecule has 0 aromatic heterocycles. The third-order valence-electron chi connectivity index (χ3n) is 2.27. The average molecular weight is 130 g/mol. The van der Waals surface area contributed by atoms with Crippen LogP contribution in [0, 0.1) is 0 Å². The van der Waals surface area contributed by atoms with E-state index in [4.69, 9.17) is 9.84 Å². The van der Waals surface area contributed by atoms with Gasteiger partial charge < -0.3 is 9.84 Å². The number of methoxy groups -OCH3 is 1. The summed E-state index contributed by atoms with van der Waals surface area (Å²) in [5, 5.41) is 8.62. The first kappa shape index (κ1) is 7.03. The van der Waals surface area contributed by atoms with Crippen molar-refractivity contribution in [3.63, 3.8) is 0 Å². The van der Waals surface area contributed by atoms with Crippen LogP contribution in [0.3, 0.4) is 0 Å². The number of rotatable bonds is 3. The van der Waals surface area contributed by atoms with Crippen molar-refractivity contribution in [2.75, 3.05) is 13.7 Å². The molecule has 1 fully saturated rings. The molecule has 0 bridgehead atoms. The van der Waals surface area contributed by atoms with E-state index in [9.17, 15) is 0 Å². The van der Waals surface area contributed by atoms with E-state index in [1.54, 1.807) is 7.11 Å². The smallest absolute Gasteiger partial charge is 0.0700 e. The first-order valence-electron chi connectivity index (χ1n) is 3.49. The molecule has 1 saturated carbocycles. The van der Waals surface area contributed by atoms with Crippen LogP contribution in [-0.4, -0.2) is 24.4 Å². The normalized spacial score (nSPS) is 23.3. The predicted molar refractivity (Wildman–Crippen MR) is 35.3 cm³/mol. The SMILES string of the molecule is COC1(CCO)CCC1. The van der Waals surface area contributed by atoms with Crippen molar-refractivity contribution in [1.29, 1.82) is 0 Å². The maximum absolute atomic E-state index is 8.62. The molecule has 0 spiro atoms. The Morgan fingerprint density at radius 3 is 2.33 bits per heavy atom. The molecule has 2 nitrogen and oxygen atoms in total. The lowest BCUT2D eigenvalue weighted by Gasteiger charge is -2.40. The van der Waals surface area contributed by atoms with Crippen molar-refractivity contribution >= 4 is 0 Å². The fraction of sp³-hybridized carbons (Fsp3) is 1.00. The Hall–Kier alpha value is -0.0800. The summed E-state index contributed by atoms with van der Waals surface area (Å²) in [5.41, 5.74) is 0.0642. The second kappa shape index (κ2) is 2.67. The summed E-state index contributed by atoms with van der Waals surface area (Å²) in [6, 6.07) is 0. The summed E-state index contributed by atoms with van der Waals surface area (Å²) < 4.78 is 5.25. The Labute approximate surface area is 55.8 Å². The molecule has 0 unspecified atom stereocenters. The molecule has 2 heteroatoms. The summed E-state index contributed by atoms with van der Waals surface area (Å²) in [5.74, 6) is 0. The van der Waals surface area contributed by atoms with Crippen LogP contribution in [0.15, 0.2) is 0 Å². The summed E-state index contributed by atoms with van der Waals surface area (Å²) in [7, 11) is 1.73. The van der Waals surface area contributed by atoms with Gasteiger partial charge in [0.05, 0.1) is 5.60 Å². The van der Waals surface area contributed by atoms with Crippen LogP contribution < -0.4 is 0 Å². The zero-order valence-electron chi connectivity index (χ0n) is 5.89. The number of aliphatic hydroxyl groups is 1. The van der Waals surface area contributed by atoms with Gasteiger partial charge in [0.15, 0.2) is 0 Å².